The van der Waals surface area contributed by atoms with Crippen LogP contribution in [0.2, 0.25) is 0 Å². The van der Waals surface area contributed by atoms with E-state index in [9.17, 15) is 4.79 Å². The molecule has 2 aromatic rings. The zero-order valence-corrected chi connectivity index (χ0v) is 16.8. The third-order valence-corrected chi connectivity index (χ3v) is 6.89. The molecule has 2 aromatic heterocycles. The minimum atomic E-state index is -0.113. The SMILES string of the molecule is O=C(c1ccncc1)N1CCC2(CC1)CC(Cc1noc(C3CCC3)n1)CCO2. The fraction of sp³-hybridized carbons (Fsp3) is 0.636. The largest absolute Gasteiger partial charge is 0.375 e. The summed E-state index contributed by atoms with van der Waals surface area (Å²) in [5, 5.41) is 4.23. The number of pyridine rings is 1. The Balaban J connectivity index is 1.17. The first kappa shape index (κ1) is 18.7. The van der Waals surface area contributed by atoms with Gasteiger partial charge in [-0.1, -0.05) is 11.6 Å². The van der Waals surface area contributed by atoms with Crippen molar-refractivity contribution in [2.45, 2.75) is 62.9 Å². The summed E-state index contributed by atoms with van der Waals surface area (Å²) in [6.07, 6.45) is 11.6. The lowest BCUT2D eigenvalue weighted by Gasteiger charge is -2.46. The summed E-state index contributed by atoms with van der Waals surface area (Å²) in [5.41, 5.74) is 0.594. The number of piperidine rings is 1. The number of hydrogen-bond acceptors (Lipinski definition) is 6. The molecule has 7 heteroatoms. The van der Waals surface area contributed by atoms with Crippen molar-refractivity contribution >= 4 is 5.91 Å². The van der Waals surface area contributed by atoms with Crippen LogP contribution in [0.3, 0.4) is 0 Å². The third kappa shape index (κ3) is 3.92. The standard InChI is InChI=1S/C22H28N4O3/c27-21(18-4-9-23-10-5-18)26-11-7-22(8-12-26)15-16(6-13-28-22)14-19-24-20(29-25-19)17-2-1-3-17/h4-5,9-10,16-17H,1-3,6-8,11-15H2. The predicted octanol–water partition coefficient (Wildman–Crippen LogP) is 3.38. The van der Waals surface area contributed by atoms with E-state index in [1.165, 1.54) is 19.3 Å². The lowest BCUT2D eigenvalue weighted by atomic mass is 9.78. The molecule has 0 aromatic carbocycles. The van der Waals surface area contributed by atoms with Gasteiger partial charge in [-0.15, -0.1) is 0 Å². The van der Waals surface area contributed by atoms with E-state index < -0.39 is 0 Å². The number of carbonyl (C=O) groups is 1. The highest BCUT2D eigenvalue weighted by Crippen LogP contribution is 2.39. The summed E-state index contributed by atoms with van der Waals surface area (Å²) >= 11 is 0. The summed E-state index contributed by atoms with van der Waals surface area (Å²) in [6, 6.07) is 3.56. The van der Waals surface area contributed by atoms with Crippen molar-refractivity contribution in [3.8, 4) is 0 Å². The van der Waals surface area contributed by atoms with Gasteiger partial charge in [-0.25, -0.2) is 0 Å². The molecule has 1 saturated carbocycles. The van der Waals surface area contributed by atoms with E-state index in [2.05, 4.69) is 15.1 Å². The van der Waals surface area contributed by atoms with E-state index in [4.69, 9.17) is 9.26 Å². The highest BCUT2D eigenvalue weighted by Gasteiger charge is 2.41. The number of aromatic nitrogens is 3. The second-order valence-corrected chi connectivity index (χ2v) is 8.80. The Kier molecular flexibility index (Phi) is 5.08. The monoisotopic (exact) mass is 396 g/mol. The maximum Gasteiger partial charge on any atom is 0.253 e. The van der Waals surface area contributed by atoms with Crippen molar-refractivity contribution in [1.29, 1.82) is 0 Å². The molecule has 1 unspecified atom stereocenters. The molecule has 29 heavy (non-hydrogen) atoms. The van der Waals surface area contributed by atoms with Gasteiger partial charge in [0.05, 0.1) is 5.60 Å². The fourth-order valence-corrected chi connectivity index (χ4v) is 4.88. The number of amides is 1. The molecule has 0 bridgehead atoms. The van der Waals surface area contributed by atoms with Crippen molar-refractivity contribution in [1.82, 2.24) is 20.0 Å². The number of hydrogen-bond donors (Lipinski definition) is 0. The zero-order valence-electron chi connectivity index (χ0n) is 16.8. The Morgan fingerprint density at radius 1 is 1.17 bits per heavy atom. The first-order valence-electron chi connectivity index (χ1n) is 10.9. The Labute approximate surface area is 170 Å². The summed E-state index contributed by atoms with van der Waals surface area (Å²) in [4.78, 5) is 23.3. The van der Waals surface area contributed by atoms with Gasteiger partial charge >= 0.3 is 0 Å². The Morgan fingerprint density at radius 3 is 2.69 bits per heavy atom. The lowest BCUT2D eigenvalue weighted by Crippen LogP contribution is -2.51. The van der Waals surface area contributed by atoms with Crippen molar-refractivity contribution in [3.05, 3.63) is 41.8 Å². The molecule has 1 amide bonds. The van der Waals surface area contributed by atoms with E-state index in [0.29, 0.717) is 17.4 Å². The van der Waals surface area contributed by atoms with Gasteiger partial charge in [-0.05, 0) is 56.6 Å². The lowest BCUT2D eigenvalue weighted by molar-refractivity contribution is -0.123. The Bertz CT molecular complexity index is 841. The molecule has 1 atom stereocenters. The summed E-state index contributed by atoms with van der Waals surface area (Å²) < 4.78 is 11.8. The molecule has 0 N–H and O–H groups in total. The number of likely N-dealkylation sites (tertiary alicyclic amines) is 1. The van der Waals surface area contributed by atoms with Crippen molar-refractivity contribution in [2.75, 3.05) is 19.7 Å². The Morgan fingerprint density at radius 2 is 1.97 bits per heavy atom. The van der Waals surface area contributed by atoms with Crippen LogP contribution in [0.25, 0.3) is 0 Å². The number of rotatable bonds is 4. The van der Waals surface area contributed by atoms with Crippen LogP contribution in [0.5, 0.6) is 0 Å². The molecule has 0 radical (unpaired) electrons. The van der Waals surface area contributed by atoms with Crippen molar-refractivity contribution < 1.29 is 14.1 Å². The predicted molar refractivity (Wildman–Crippen MR) is 105 cm³/mol. The number of nitrogens with zero attached hydrogens (tertiary/aromatic N) is 4. The summed E-state index contributed by atoms with van der Waals surface area (Å²) in [5.74, 6) is 2.76. The van der Waals surface area contributed by atoms with Crippen LogP contribution in [-0.2, 0) is 11.2 Å². The minimum Gasteiger partial charge on any atom is -0.375 e. The second kappa shape index (κ2) is 7.86. The van der Waals surface area contributed by atoms with E-state index in [1.54, 1.807) is 24.5 Å². The first-order chi connectivity index (χ1) is 14.2. The van der Waals surface area contributed by atoms with Gasteiger partial charge in [0.25, 0.3) is 5.91 Å². The first-order valence-corrected chi connectivity index (χ1v) is 10.9. The molecule has 1 spiro atoms. The smallest absolute Gasteiger partial charge is 0.253 e. The van der Waals surface area contributed by atoms with E-state index in [-0.39, 0.29) is 11.5 Å². The molecule has 4 heterocycles. The van der Waals surface area contributed by atoms with Crippen LogP contribution in [0, 0.1) is 5.92 Å². The van der Waals surface area contributed by atoms with Gasteiger partial charge in [0.15, 0.2) is 5.82 Å². The quantitative estimate of drug-likeness (QED) is 0.788. The van der Waals surface area contributed by atoms with Gasteiger partial charge in [0.1, 0.15) is 0 Å². The topological polar surface area (TPSA) is 81.4 Å². The molecule has 154 valence electrons. The minimum absolute atomic E-state index is 0.0879. The van der Waals surface area contributed by atoms with Crippen LogP contribution in [-0.4, -0.2) is 51.2 Å². The maximum absolute atomic E-state index is 12.7. The average molecular weight is 396 g/mol. The van der Waals surface area contributed by atoms with Gasteiger partial charge in [0, 0.05) is 50.0 Å². The number of ether oxygens (including phenoxy) is 1. The van der Waals surface area contributed by atoms with Crippen LogP contribution < -0.4 is 0 Å². The highest BCUT2D eigenvalue weighted by atomic mass is 16.5. The number of carbonyl (C=O) groups excluding carboxylic acids is 1. The normalized spacial score (nSPS) is 24.4. The van der Waals surface area contributed by atoms with Crippen LogP contribution in [0.15, 0.2) is 29.0 Å². The van der Waals surface area contributed by atoms with Gasteiger partial charge in [-0.2, -0.15) is 4.98 Å². The Hall–Kier alpha value is -2.28. The van der Waals surface area contributed by atoms with Crippen LogP contribution in [0.1, 0.15) is 72.9 Å². The maximum atomic E-state index is 12.7. The van der Waals surface area contributed by atoms with Crippen molar-refractivity contribution in [2.24, 2.45) is 5.92 Å². The van der Waals surface area contributed by atoms with Crippen LogP contribution >= 0.6 is 0 Å². The molecule has 7 nitrogen and oxygen atoms in total. The molecular formula is C22H28N4O3. The third-order valence-electron chi connectivity index (χ3n) is 6.89. The van der Waals surface area contributed by atoms with Gasteiger partial charge < -0.3 is 14.2 Å². The molecule has 2 aliphatic heterocycles. The van der Waals surface area contributed by atoms with Crippen LogP contribution in [0.4, 0.5) is 0 Å². The molecule has 3 aliphatic rings. The summed E-state index contributed by atoms with van der Waals surface area (Å²) in [6.45, 7) is 2.25. The highest BCUT2D eigenvalue weighted by molar-refractivity contribution is 5.94. The second-order valence-electron chi connectivity index (χ2n) is 8.80. The molecular weight excluding hydrogens is 368 g/mol. The van der Waals surface area contributed by atoms with E-state index in [1.807, 2.05) is 4.90 Å². The fourth-order valence-electron chi connectivity index (χ4n) is 4.88. The van der Waals surface area contributed by atoms with E-state index in [0.717, 1.165) is 63.5 Å². The molecule has 2 saturated heterocycles. The molecule has 3 fully saturated rings. The van der Waals surface area contributed by atoms with E-state index >= 15 is 0 Å². The molecule has 5 rings (SSSR count). The van der Waals surface area contributed by atoms with Crippen molar-refractivity contribution in [3.63, 3.8) is 0 Å². The average Bonchev–Trinajstić information content (AvgIpc) is 3.15. The zero-order chi connectivity index (χ0) is 19.7. The molecule has 1 aliphatic carbocycles. The summed E-state index contributed by atoms with van der Waals surface area (Å²) in [7, 11) is 0. The van der Waals surface area contributed by atoms with Gasteiger partial charge in [0.2, 0.25) is 5.89 Å². The van der Waals surface area contributed by atoms with Gasteiger partial charge in [-0.3, -0.25) is 9.78 Å².